The van der Waals surface area contributed by atoms with Gasteiger partial charge in [-0.25, -0.2) is 0 Å². The molecule has 1 rings (SSSR count). The number of rotatable bonds is 1. The maximum atomic E-state index is 3.25. The molecule has 0 amide bonds. The molecule has 0 aromatic heterocycles. The summed E-state index contributed by atoms with van der Waals surface area (Å²) in [6.45, 7) is 2.47. The van der Waals surface area contributed by atoms with Crippen LogP contribution in [0, 0.1) is 0 Å². The molecule has 0 aliphatic carbocycles. The molecule has 0 bridgehead atoms. The lowest BCUT2D eigenvalue weighted by Gasteiger charge is -2.07. The molecule has 0 saturated carbocycles. The summed E-state index contributed by atoms with van der Waals surface area (Å²) in [7, 11) is 4.20. The van der Waals surface area contributed by atoms with E-state index in [0.29, 0.717) is 0 Å². The highest BCUT2D eigenvalue weighted by atomic mass is 35.5. The number of nitrogens with zero attached hydrogens (tertiary/aromatic N) is 1. The number of nitrogens with one attached hydrogen (secondary N) is 1. The lowest BCUT2D eigenvalue weighted by atomic mass is 10.3. The lowest BCUT2D eigenvalue weighted by Crippen LogP contribution is -2.27. The van der Waals surface area contributed by atoms with E-state index in [1.54, 1.807) is 0 Å². The van der Waals surface area contributed by atoms with Gasteiger partial charge in [-0.05, 0) is 27.1 Å². The first-order valence-corrected chi connectivity index (χ1v) is 3.18. The zero-order valence-electron chi connectivity index (χ0n) is 6.05. The smallest absolute Gasteiger partial charge is 0.0204 e. The minimum atomic E-state index is 0. The Morgan fingerprint density at radius 1 is 1.56 bits per heavy atom. The summed E-state index contributed by atoms with van der Waals surface area (Å²) in [5.74, 6) is 0. The Morgan fingerprint density at radius 3 is 2.44 bits per heavy atom. The second kappa shape index (κ2) is 4.09. The summed E-state index contributed by atoms with van der Waals surface area (Å²) in [6, 6.07) is 0.750. The van der Waals surface area contributed by atoms with Crippen LogP contribution in [-0.2, 0) is 0 Å². The summed E-state index contributed by atoms with van der Waals surface area (Å²) in [4.78, 5) is 2.35. The third-order valence-electron chi connectivity index (χ3n) is 1.80. The topological polar surface area (TPSA) is 15.3 Å². The first-order valence-electron chi connectivity index (χ1n) is 3.18. The van der Waals surface area contributed by atoms with Crippen molar-refractivity contribution >= 4 is 12.4 Å². The van der Waals surface area contributed by atoms with E-state index >= 15 is 0 Å². The zero-order valence-corrected chi connectivity index (χ0v) is 6.87. The van der Waals surface area contributed by atoms with Crippen molar-refractivity contribution in [2.75, 3.05) is 27.2 Å². The van der Waals surface area contributed by atoms with E-state index in [4.69, 9.17) is 0 Å². The largest absolute Gasteiger partial charge is 0.316 e. The van der Waals surface area contributed by atoms with Crippen LogP contribution in [0.25, 0.3) is 0 Å². The standard InChI is InChI=1S/C6H14N2.ClH/c1-7-6-3-4-8(2)5-6;/h6-7H,3-5H2,1-2H3;1H/t6-;/m0./s1. The van der Waals surface area contributed by atoms with Gasteiger partial charge in [0.1, 0.15) is 0 Å². The van der Waals surface area contributed by atoms with Crippen LogP contribution in [-0.4, -0.2) is 38.1 Å². The van der Waals surface area contributed by atoms with Crippen LogP contribution >= 0.6 is 12.4 Å². The molecule has 2 nitrogen and oxygen atoms in total. The van der Waals surface area contributed by atoms with E-state index in [-0.39, 0.29) is 12.4 Å². The van der Waals surface area contributed by atoms with Gasteiger partial charge in [-0.1, -0.05) is 0 Å². The minimum absolute atomic E-state index is 0. The molecule has 1 aliphatic heterocycles. The van der Waals surface area contributed by atoms with Gasteiger partial charge >= 0.3 is 0 Å². The van der Waals surface area contributed by atoms with Crippen LogP contribution in [0.15, 0.2) is 0 Å². The molecule has 0 spiro atoms. The molecule has 0 radical (unpaired) electrons. The highest BCUT2D eigenvalue weighted by Gasteiger charge is 2.16. The van der Waals surface area contributed by atoms with E-state index in [1.165, 1.54) is 19.5 Å². The highest BCUT2D eigenvalue weighted by Crippen LogP contribution is 2.04. The molecular weight excluding hydrogens is 136 g/mol. The van der Waals surface area contributed by atoms with Crippen molar-refractivity contribution in [1.29, 1.82) is 0 Å². The summed E-state index contributed by atoms with van der Waals surface area (Å²) in [5, 5.41) is 3.25. The molecular formula is C6H15ClN2. The molecule has 0 aromatic rings. The van der Waals surface area contributed by atoms with E-state index in [2.05, 4.69) is 17.3 Å². The quantitative estimate of drug-likeness (QED) is 0.580. The van der Waals surface area contributed by atoms with E-state index in [9.17, 15) is 0 Å². The Bertz CT molecular complexity index is 77.5. The average molecular weight is 151 g/mol. The third kappa shape index (κ3) is 2.52. The van der Waals surface area contributed by atoms with Crippen molar-refractivity contribution in [3.63, 3.8) is 0 Å². The summed E-state index contributed by atoms with van der Waals surface area (Å²) in [5.41, 5.74) is 0. The van der Waals surface area contributed by atoms with Crippen molar-refractivity contribution in [2.24, 2.45) is 0 Å². The van der Waals surface area contributed by atoms with Crippen molar-refractivity contribution in [1.82, 2.24) is 10.2 Å². The van der Waals surface area contributed by atoms with Crippen molar-refractivity contribution in [2.45, 2.75) is 12.5 Å². The van der Waals surface area contributed by atoms with Crippen LogP contribution in [0.2, 0.25) is 0 Å². The SMILES string of the molecule is CN[C@H]1CCN(C)C1.Cl. The Hall–Kier alpha value is 0.210. The van der Waals surface area contributed by atoms with Gasteiger partial charge in [0.15, 0.2) is 0 Å². The number of hydrogen-bond acceptors (Lipinski definition) is 2. The fraction of sp³-hybridized carbons (Fsp3) is 1.00. The fourth-order valence-corrected chi connectivity index (χ4v) is 1.17. The molecule has 1 heterocycles. The van der Waals surface area contributed by atoms with Gasteiger partial charge in [0.2, 0.25) is 0 Å². The normalized spacial score (nSPS) is 28.0. The molecule has 9 heavy (non-hydrogen) atoms. The molecule has 1 N–H and O–H groups in total. The second-order valence-electron chi connectivity index (χ2n) is 2.54. The van der Waals surface area contributed by atoms with Crippen LogP contribution < -0.4 is 5.32 Å². The van der Waals surface area contributed by atoms with Crippen molar-refractivity contribution < 1.29 is 0 Å². The Labute approximate surface area is 63.0 Å². The minimum Gasteiger partial charge on any atom is -0.316 e. The predicted molar refractivity (Wildman–Crippen MR) is 42.2 cm³/mol. The number of hydrogen-bond donors (Lipinski definition) is 1. The van der Waals surface area contributed by atoms with Crippen LogP contribution in [0.1, 0.15) is 6.42 Å². The van der Waals surface area contributed by atoms with Gasteiger partial charge in [0, 0.05) is 12.6 Å². The van der Waals surface area contributed by atoms with E-state index in [1.807, 2.05) is 7.05 Å². The predicted octanol–water partition coefficient (Wildman–Crippen LogP) is 0.332. The first kappa shape index (κ1) is 9.21. The van der Waals surface area contributed by atoms with Crippen LogP contribution in [0.3, 0.4) is 0 Å². The molecule has 1 atom stereocenters. The van der Waals surface area contributed by atoms with Crippen molar-refractivity contribution in [3.05, 3.63) is 0 Å². The maximum absolute atomic E-state index is 3.25. The van der Waals surface area contributed by atoms with Crippen LogP contribution in [0.5, 0.6) is 0 Å². The molecule has 1 aliphatic rings. The van der Waals surface area contributed by atoms with Gasteiger partial charge in [-0.15, -0.1) is 12.4 Å². The van der Waals surface area contributed by atoms with Gasteiger partial charge in [-0.2, -0.15) is 0 Å². The highest BCUT2D eigenvalue weighted by molar-refractivity contribution is 5.85. The third-order valence-corrected chi connectivity index (χ3v) is 1.80. The lowest BCUT2D eigenvalue weighted by molar-refractivity contribution is 0.403. The first-order chi connectivity index (χ1) is 3.83. The van der Waals surface area contributed by atoms with Gasteiger partial charge in [0.25, 0.3) is 0 Å². The number of likely N-dealkylation sites (N-methyl/N-ethyl adjacent to an activating group) is 2. The molecule has 3 heteroatoms. The maximum Gasteiger partial charge on any atom is 0.0204 e. The number of likely N-dealkylation sites (tertiary alicyclic amines) is 1. The van der Waals surface area contributed by atoms with E-state index < -0.39 is 0 Å². The summed E-state index contributed by atoms with van der Waals surface area (Å²) >= 11 is 0. The molecule has 56 valence electrons. The molecule has 1 saturated heterocycles. The Kier molecular flexibility index (Phi) is 4.19. The number of halogens is 1. The zero-order chi connectivity index (χ0) is 5.98. The molecule has 1 fully saturated rings. The summed E-state index contributed by atoms with van der Waals surface area (Å²) in [6.07, 6.45) is 1.31. The Morgan fingerprint density at radius 2 is 2.22 bits per heavy atom. The molecule has 0 aromatic carbocycles. The second-order valence-corrected chi connectivity index (χ2v) is 2.54. The van der Waals surface area contributed by atoms with Gasteiger partial charge in [-0.3, -0.25) is 0 Å². The van der Waals surface area contributed by atoms with E-state index in [0.717, 1.165) is 6.04 Å². The monoisotopic (exact) mass is 150 g/mol. The van der Waals surface area contributed by atoms with Gasteiger partial charge in [0.05, 0.1) is 0 Å². The molecule has 0 unspecified atom stereocenters. The van der Waals surface area contributed by atoms with Crippen LogP contribution in [0.4, 0.5) is 0 Å². The average Bonchev–Trinajstić information content (AvgIpc) is 2.14. The summed E-state index contributed by atoms with van der Waals surface area (Å²) < 4.78 is 0. The fourth-order valence-electron chi connectivity index (χ4n) is 1.17. The van der Waals surface area contributed by atoms with Gasteiger partial charge < -0.3 is 10.2 Å². The van der Waals surface area contributed by atoms with Crippen molar-refractivity contribution in [3.8, 4) is 0 Å². The Balaban J connectivity index is 0.000000640.